The van der Waals surface area contributed by atoms with Crippen molar-refractivity contribution in [3.63, 3.8) is 0 Å². The van der Waals surface area contributed by atoms with Crippen LogP contribution in [0.2, 0.25) is 0 Å². The van der Waals surface area contributed by atoms with Gasteiger partial charge in [0.15, 0.2) is 0 Å². The second-order valence-corrected chi connectivity index (χ2v) is 10.4. The van der Waals surface area contributed by atoms with E-state index in [1.165, 1.54) is 12.8 Å². The minimum atomic E-state index is -0.995. The fourth-order valence-electron chi connectivity index (χ4n) is 5.46. The number of carbonyl (C=O) groups is 2. The lowest BCUT2D eigenvalue weighted by Gasteiger charge is -2.45. The van der Waals surface area contributed by atoms with Crippen LogP contribution in [-0.2, 0) is 11.3 Å². The van der Waals surface area contributed by atoms with E-state index in [0.29, 0.717) is 36.2 Å². The number of aromatic nitrogens is 1. The van der Waals surface area contributed by atoms with Gasteiger partial charge in [0.25, 0.3) is 5.91 Å². The number of benzene rings is 1. The first-order chi connectivity index (χ1) is 16.3. The van der Waals surface area contributed by atoms with Gasteiger partial charge in [0, 0.05) is 18.0 Å². The molecule has 2 amide bonds. The molecular weight excluding hydrogens is 430 g/mol. The van der Waals surface area contributed by atoms with Crippen LogP contribution < -0.4 is 14.8 Å². The maximum absolute atomic E-state index is 13.9. The molecule has 0 spiro atoms. The van der Waals surface area contributed by atoms with E-state index in [4.69, 9.17) is 9.47 Å². The molecule has 0 bridgehead atoms. The summed E-state index contributed by atoms with van der Waals surface area (Å²) in [6, 6.07) is 5.76. The van der Waals surface area contributed by atoms with Gasteiger partial charge in [-0.05, 0) is 50.3 Å². The van der Waals surface area contributed by atoms with Crippen LogP contribution in [0.3, 0.4) is 0 Å². The lowest BCUT2D eigenvalue weighted by Crippen LogP contribution is -2.65. The quantitative estimate of drug-likeness (QED) is 0.594. The van der Waals surface area contributed by atoms with Gasteiger partial charge >= 0.3 is 0 Å². The van der Waals surface area contributed by atoms with Gasteiger partial charge < -0.3 is 24.3 Å². The van der Waals surface area contributed by atoms with Crippen molar-refractivity contribution in [3.05, 3.63) is 23.9 Å². The van der Waals surface area contributed by atoms with Crippen LogP contribution >= 0.6 is 0 Å². The summed E-state index contributed by atoms with van der Waals surface area (Å²) in [5.74, 6) is 1.59. The number of rotatable bonds is 7. The van der Waals surface area contributed by atoms with Crippen molar-refractivity contribution in [2.45, 2.75) is 83.8 Å². The number of nitrogens with zero attached hydrogens (tertiary/aromatic N) is 2. The highest BCUT2D eigenvalue weighted by molar-refractivity contribution is 6.05. The standard InChI is InChI=1S/C27H39N3O4/c1-18(2)14-15-30-25(31)21-16-20-22(33-4)12-13-23(34-5)24(20)29(21)17-27(30,3)26(32)28-19-10-8-6-7-9-11-19/h12-13,16,18-19H,6-11,14-15,17H2,1-5H3,(H,28,32)/t27-/m1/s1. The molecule has 186 valence electrons. The van der Waals surface area contributed by atoms with Crippen molar-refractivity contribution in [3.8, 4) is 11.5 Å². The lowest BCUT2D eigenvalue weighted by molar-refractivity contribution is -0.133. The van der Waals surface area contributed by atoms with Crippen LogP contribution in [0, 0.1) is 5.92 Å². The molecule has 1 atom stereocenters. The Morgan fingerprint density at radius 2 is 1.76 bits per heavy atom. The summed E-state index contributed by atoms with van der Waals surface area (Å²) >= 11 is 0. The number of ether oxygens (including phenoxy) is 2. The molecule has 1 saturated carbocycles. The molecule has 1 aliphatic carbocycles. The first kappa shape index (κ1) is 24.4. The summed E-state index contributed by atoms with van der Waals surface area (Å²) in [4.78, 5) is 29.6. The molecule has 1 fully saturated rings. The summed E-state index contributed by atoms with van der Waals surface area (Å²) in [5.41, 5.74) is 0.370. The summed E-state index contributed by atoms with van der Waals surface area (Å²) in [6.45, 7) is 7.12. The van der Waals surface area contributed by atoms with Gasteiger partial charge in [-0.25, -0.2) is 0 Å². The van der Waals surface area contributed by atoms with Crippen LogP contribution in [0.5, 0.6) is 11.5 Å². The van der Waals surface area contributed by atoms with Gasteiger partial charge in [-0.3, -0.25) is 9.59 Å². The molecule has 1 aromatic heterocycles. The fraction of sp³-hybridized carbons (Fsp3) is 0.630. The molecule has 2 heterocycles. The first-order valence-electron chi connectivity index (χ1n) is 12.7. The zero-order valence-electron chi connectivity index (χ0n) is 21.3. The number of hydrogen-bond donors (Lipinski definition) is 1. The van der Waals surface area contributed by atoms with E-state index < -0.39 is 5.54 Å². The van der Waals surface area contributed by atoms with Crippen LogP contribution in [0.15, 0.2) is 18.2 Å². The number of methoxy groups -OCH3 is 2. The van der Waals surface area contributed by atoms with Gasteiger partial charge in [-0.15, -0.1) is 0 Å². The van der Waals surface area contributed by atoms with E-state index in [1.54, 1.807) is 19.1 Å². The third-order valence-electron chi connectivity index (χ3n) is 7.56. The van der Waals surface area contributed by atoms with Crippen molar-refractivity contribution in [2.75, 3.05) is 20.8 Å². The average Bonchev–Trinajstić information content (AvgIpc) is 3.00. The predicted molar refractivity (Wildman–Crippen MR) is 134 cm³/mol. The molecule has 34 heavy (non-hydrogen) atoms. The largest absolute Gasteiger partial charge is 0.496 e. The Kier molecular flexibility index (Phi) is 7.10. The van der Waals surface area contributed by atoms with Crippen molar-refractivity contribution >= 4 is 22.7 Å². The monoisotopic (exact) mass is 469 g/mol. The third kappa shape index (κ3) is 4.37. The van der Waals surface area contributed by atoms with Gasteiger partial charge in [0.1, 0.15) is 22.7 Å². The topological polar surface area (TPSA) is 72.8 Å². The van der Waals surface area contributed by atoms with Crippen molar-refractivity contribution < 1.29 is 19.1 Å². The van der Waals surface area contributed by atoms with Gasteiger partial charge in [0.2, 0.25) is 5.91 Å². The highest BCUT2D eigenvalue weighted by Gasteiger charge is 2.48. The van der Waals surface area contributed by atoms with Crippen LogP contribution in [0.25, 0.3) is 10.9 Å². The minimum absolute atomic E-state index is 0.0640. The third-order valence-corrected chi connectivity index (χ3v) is 7.56. The normalized spacial score (nSPS) is 21.5. The maximum atomic E-state index is 13.9. The molecule has 7 nitrogen and oxygen atoms in total. The molecule has 1 N–H and O–H groups in total. The second kappa shape index (κ2) is 9.88. The van der Waals surface area contributed by atoms with E-state index in [9.17, 15) is 9.59 Å². The summed E-state index contributed by atoms with van der Waals surface area (Å²) < 4.78 is 13.2. The van der Waals surface area contributed by atoms with Crippen molar-refractivity contribution in [2.24, 2.45) is 5.92 Å². The first-order valence-corrected chi connectivity index (χ1v) is 12.7. The molecule has 0 saturated heterocycles. The van der Waals surface area contributed by atoms with Gasteiger partial charge in [0.05, 0.1) is 26.3 Å². The molecule has 0 unspecified atom stereocenters. The Morgan fingerprint density at radius 3 is 2.38 bits per heavy atom. The molecule has 0 radical (unpaired) electrons. The van der Waals surface area contributed by atoms with E-state index >= 15 is 0 Å². The lowest BCUT2D eigenvalue weighted by atomic mass is 9.92. The Hall–Kier alpha value is -2.70. The van der Waals surface area contributed by atoms with Crippen LogP contribution in [-0.4, -0.2) is 53.6 Å². The van der Waals surface area contributed by atoms with Crippen molar-refractivity contribution in [1.29, 1.82) is 0 Å². The fourth-order valence-corrected chi connectivity index (χ4v) is 5.46. The molecule has 4 rings (SSSR count). The SMILES string of the molecule is COc1ccc(OC)c2c1cc1n2C[C@](C)(C(=O)NC2CCCCCC2)N(CCC(C)C)C1=O. The highest BCUT2D eigenvalue weighted by Crippen LogP contribution is 2.40. The molecular formula is C27H39N3O4. The van der Waals surface area contributed by atoms with Crippen LogP contribution in [0.1, 0.15) is 76.2 Å². The summed E-state index contributed by atoms with van der Waals surface area (Å²) in [5, 5.41) is 4.15. The molecule has 2 aromatic rings. The number of carbonyl (C=O) groups excluding carboxylic acids is 2. The summed E-state index contributed by atoms with van der Waals surface area (Å²) in [6.07, 6.45) is 7.58. The predicted octanol–water partition coefficient (Wildman–Crippen LogP) is 4.76. The number of hydrogen-bond acceptors (Lipinski definition) is 4. The second-order valence-electron chi connectivity index (χ2n) is 10.4. The highest BCUT2D eigenvalue weighted by atomic mass is 16.5. The number of amides is 2. The number of fused-ring (bicyclic) bond motifs is 3. The minimum Gasteiger partial charge on any atom is -0.496 e. The molecule has 1 aromatic carbocycles. The molecule has 1 aliphatic heterocycles. The maximum Gasteiger partial charge on any atom is 0.271 e. The number of nitrogens with one attached hydrogen (secondary N) is 1. The van der Waals surface area contributed by atoms with E-state index in [1.807, 2.05) is 29.7 Å². The molecule has 2 aliphatic rings. The Bertz CT molecular complexity index is 1050. The summed E-state index contributed by atoms with van der Waals surface area (Å²) in [7, 11) is 3.25. The Labute approximate surface area is 202 Å². The van der Waals surface area contributed by atoms with Crippen molar-refractivity contribution in [1.82, 2.24) is 14.8 Å². The van der Waals surface area contributed by atoms with E-state index in [2.05, 4.69) is 19.2 Å². The zero-order valence-corrected chi connectivity index (χ0v) is 21.3. The van der Waals surface area contributed by atoms with E-state index in [-0.39, 0.29) is 17.9 Å². The Balaban J connectivity index is 1.78. The van der Waals surface area contributed by atoms with Gasteiger partial charge in [-0.1, -0.05) is 39.5 Å². The average molecular weight is 470 g/mol. The van der Waals surface area contributed by atoms with E-state index in [0.717, 1.165) is 43.0 Å². The van der Waals surface area contributed by atoms with Crippen LogP contribution in [0.4, 0.5) is 0 Å². The zero-order chi connectivity index (χ0) is 24.5. The molecule has 7 heteroatoms. The van der Waals surface area contributed by atoms with Gasteiger partial charge in [-0.2, -0.15) is 0 Å². The Morgan fingerprint density at radius 1 is 1.12 bits per heavy atom. The smallest absolute Gasteiger partial charge is 0.271 e.